The van der Waals surface area contributed by atoms with Crippen LogP contribution in [0.4, 0.5) is 17.2 Å². The summed E-state index contributed by atoms with van der Waals surface area (Å²) >= 11 is 3.63. The Kier molecular flexibility index (Phi) is 8.58. The zero-order valence-electron chi connectivity index (χ0n) is 21.3. The summed E-state index contributed by atoms with van der Waals surface area (Å²) in [5, 5.41) is 30.7. The fourth-order valence-electron chi connectivity index (χ4n) is 4.77. The number of hydrogen-bond acceptors (Lipinski definition) is 7. The van der Waals surface area contributed by atoms with E-state index in [9.17, 15) is 14.8 Å². The van der Waals surface area contributed by atoms with E-state index in [1.165, 1.54) is 4.90 Å². The van der Waals surface area contributed by atoms with Gasteiger partial charge in [0.05, 0.1) is 11.4 Å². The molecule has 1 amide bonds. The van der Waals surface area contributed by atoms with E-state index >= 15 is 0 Å². The van der Waals surface area contributed by atoms with Gasteiger partial charge in [0.15, 0.2) is 0 Å². The molecule has 2 aliphatic carbocycles. The highest BCUT2D eigenvalue weighted by Crippen LogP contribution is 2.47. The van der Waals surface area contributed by atoms with Crippen LogP contribution in [0.25, 0.3) is 0 Å². The minimum absolute atomic E-state index is 0.0948. The van der Waals surface area contributed by atoms with Crippen LogP contribution < -0.4 is 10.2 Å². The van der Waals surface area contributed by atoms with Crippen molar-refractivity contribution >= 4 is 52.0 Å². The van der Waals surface area contributed by atoms with Crippen molar-refractivity contribution in [2.45, 2.75) is 70.2 Å². The molecule has 2 saturated carbocycles. The van der Waals surface area contributed by atoms with E-state index in [1.54, 1.807) is 26.1 Å². The van der Waals surface area contributed by atoms with Gasteiger partial charge in [-0.2, -0.15) is 0 Å². The molecule has 8 nitrogen and oxygen atoms in total. The summed E-state index contributed by atoms with van der Waals surface area (Å²) in [7, 11) is 0.419. The first-order valence-corrected chi connectivity index (χ1v) is 13.4. The van der Waals surface area contributed by atoms with Gasteiger partial charge in [-0.15, -0.1) is 0 Å². The lowest BCUT2D eigenvalue weighted by Crippen LogP contribution is -2.30. The summed E-state index contributed by atoms with van der Waals surface area (Å²) in [6.07, 6.45) is 4.40. The predicted octanol–water partition coefficient (Wildman–Crippen LogP) is 4.89. The molecule has 0 aliphatic heterocycles. The van der Waals surface area contributed by atoms with Gasteiger partial charge in [0.1, 0.15) is 17.6 Å². The van der Waals surface area contributed by atoms with Crippen LogP contribution in [0.3, 0.4) is 0 Å². The van der Waals surface area contributed by atoms with Gasteiger partial charge < -0.3 is 20.1 Å². The van der Waals surface area contributed by atoms with Gasteiger partial charge >= 0.3 is 13.0 Å². The Labute approximate surface area is 226 Å². The van der Waals surface area contributed by atoms with Crippen molar-refractivity contribution in [2.75, 3.05) is 17.3 Å². The van der Waals surface area contributed by atoms with E-state index in [-0.39, 0.29) is 17.8 Å². The molecular weight excluding hydrogens is 535 g/mol. The summed E-state index contributed by atoms with van der Waals surface area (Å²) in [4.78, 5) is 19.6. The Morgan fingerprint density at radius 3 is 2.51 bits per heavy atom. The Bertz CT molecular complexity index is 1250. The maximum Gasteiger partial charge on any atom is 0.454 e. The summed E-state index contributed by atoms with van der Waals surface area (Å²) in [5.41, 5.74) is 3.72. The van der Waals surface area contributed by atoms with Crippen LogP contribution in [0.15, 0.2) is 28.7 Å². The summed E-state index contributed by atoms with van der Waals surface area (Å²) in [6, 6.07) is 7.60. The number of nitrogens with one attached hydrogen (secondary N) is 2. The molecule has 0 spiro atoms. The van der Waals surface area contributed by atoms with Crippen LogP contribution in [0.1, 0.15) is 68.2 Å². The lowest BCUT2D eigenvalue weighted by atomic mass is 9.65. The molecule has 10 heteroatoms. The number of hydrogen-bond donors (Lipinski definition) is 4. The second kappa shape index (κ2) is 11.7. The molecule has 4 N–H and O–H groups in total. The van der Waals surface area contributed by atoms with Crippen molar-refractivity contribution < 1.29 is 19.6 Å². The maximum absolute atomic E-state index is 13.3. The molecule has 1 heterocycles. The smallest absolute Gasteiger partial charge is 0.454 e. The van der Waals surface area contributed by atoms with Crippen LogP contribution in [0.2, 0.25) is 5.82 Å². The molecule has 0 unspecified atom stereocenters. The molecule has 1 aromatic carbocycles. The van der Waals surface area contributed by atoms with E-state index in [1.807, 2.05) is 13.0 Å². The van der Waals surface area contributed by atoms with Crippen molar-refractivity contribution in [1.82, 2.24) is 4.98 Å². The number of benzene rings is 1. The number of rotatable bonds is 7. The molecule has 0 bridgehead atoms. The van der Waals surface area contributed by atoms with Crippen LogP contribution in [0, 0.1) is 24.2 Å². The van der Waals surface area contributed by atoms with Gasteiger partial charge in [-0.3, -0.25) is 15.1 Å². The number of ether oxygens (including phenoxy) is 1. The zero-order valence-corrected chi connectivity index (χ0v) is 22.9. The molecule has 194 valence electrons. The molecule has 2 aromatic rings. The van der Waals surface area contributed by atoms with Crippen LogP contribution >= 0.6 is 15.9 Å². The fourth-order valence-corrected chi connectivity index (χ4v) is 5.13. The van der Waals surface area contributed by atoms with Crippen LogP contribution in [0.5, 0.6) is 0 Å². The van der Waals surface area contributed by atoms with Crippen LogP contribution in [-0.2, 0) is 9.53 Å². The molecular formula is C27H32BBrN4O4. The number of anilines is 3. The lowest BCUT2D eigenvalue weighted by molar-refractivity contribution is -0.112. The molecule has 1 aromatic heterocycles. The van der Waals surface area contributed by atoms with Gasteiger partial charge in [0.2, 0.25) is 5.90 Å². The molecule has 2 aliphatic rings. The van der Waals surface area contributed by atoms with Gasteiger partial charge in [0.25, 0.3) is 0 Å². The van der Waals surface area contributed by atoms with E-state index < -0.39 is 13.0 Å². The largest absolute Gasteiger partial charge is 0.473 e. The number of halogens is 1. The molecule has 4 rings (SSSR count). The summed E-state index contributed by atoms with van der Waals surface area (Å²) in [5.74, 6) is 5.46. The number of aromatic nitrogens is 1. The predicted molar refractivity (Wildman–Crippen MR) is 149 cm³/mol. The van der Waals surface area contributed by atoms with Gasteiger partial charge in [-0.05, 0) is 105 Å². The van der Waals surface area contributed by atoms with Crippen LogP contribution in [-0.4, -0.2) is 47.1 Å². The number of carbonyl (C=O) groups excluding carboxylic acids is 1. The minimum Gasteiger partial charge on any atom is -0.473 e. The Morgan fingerprint density at radius 2 is 1.92 bits per heavy atom. The first kappa shape index (κ1) is 27.2. The van der Waals surface area contributed by atoms with E-state index in [0.29, 0.717) is 48.8 Å². The first-order valence-electron chi connectivity index (χ1n) is 12.6. The van der Waals surface area contributed by atoms with Gasteiger partial charge in [0, 0.05) is 11.5 Å². The van der Waals surface area contributed by atoms with Crippen molar-refractivity contribution in [1.29, 1.82) is 5.41 Å². The number of carbonyl (C=O) groups is 1. The van der Waals surface area contributed by atoms with E-state index in [0.717, 1.165) is 34.1 Å². The maximum atomic E-state index is 13.3. The lowest BCUT2D eigenvalue weighted by Gasteiger charge is -2.29. The molecule has 2 fully saturated rings. The normalized spacial score (nSPS) is 18.9. The summed E-state index contributed by atoms with van der Waals surface area (Å²) in [6.45, 7) is 3.61. The standard InChI is InChI=1S/C27H32BBrN4O4/c1-4-5-25(34)33(23-14-16(2)21(29)15-20(23)17-6-7-17)24-13-12-22(31-3)26(32-24)27(30)37-19-10-8-18(9-11-19)28(35)36/h12-15,17-19,30-31,35-36H,6-11H2,1-3H3. The van der Waals surface area contributed by atoms with Crippen molar-refractivity contribution in [3.05, 3.63) is 45.6 Å². The fraction of sp³-hybridized carbons (Fsp3) is 0.444. The van der Waals surface area contributed by atoms with E-state index in [2.05, 4.69) is 39.2 Å². The Hall–Kier alpha value is -2.87. The average molecular weight is 567 g/mol. The SMILES string of the molecule is CC#CC(=O)N(c1ccc(NC)c(C(=N)OC2CCC(B(O)O)CC2)n1)c1cc(C)c(Br)cc1C1CC1. The molecule has 0 radical (unpaired) electrons. The van der Waals surface area contributed by atoms with Crippen molar-refractivity contribution in [3.63, 3.8) is 0 Å². The minimum atomic E-state index is -1.33. The average Bonchev–Trinajstić information content (AvgIpc) is 3.72. The highest BCUT2D eigenvalue weighted by atomic mass is 79.9. The highest BCUT2D eigenvalue weighted by Gasteiger charge is 2.33. The second-order valence-corrected chi connectivity index (χ2v) is 10.5. The molecule has 37 heavy (non-hydrogen) atoms. The van der Waals surface area contributed by atoms with E-state index in [4.69, 9.17) is 15.1 Å². The Morgan fingerprint density at radius 1 is 1.22 bits per heavy atom. The molecule has 0 saturated heterocycles. The topological polar surface area (TPSA) is 119 Å². The van der Waals surface area contributed by atoms with Gasteiger partial charge in [-0.1, -0.05) is 21.9 Å². The second-order valence-electron chi connectivity index (χ2n) is 9.66. The number of pyridine rings is 1. The van der Waals surface area contributed by atoms with Crippen molar-refractivity contribution in [2.24, 2.45) is 0 Å². The third-order valence-corrected chi connectivity index (χ3v) is 7.87. The quantitative estimate of drug-likeness (QED) is 0.164. The van der Waals surface area contributed by atoms with Gasteiger partial charge in [-0.25, -0.2) is 4.98 Å². The first-order chi connectivity index (χ1) is 17.7. The third kappa shape index (κ3) is 6.17. The zero-order chi connectivity index (χ0) is 26.7. The number of amides is 1. The number of nitrogens with zero attached hydrogens (tertiary/aromatic N) is 2. The Balaban J connectivity index is 1.69. The molecule has 0 atom stereocenters. The third-order valence-electron chi connectivity index (χ3n) is 7.02. The van der Waals surface area contributed by atoms with Crippen molar-refractivity contribution in [3.8, 4) is 11.8 Å². The monoisotopic (exact) mass is 566 g/mol. The summed E-state index contributed by atoms with van der Waals surface area (Å²) < 4.78 is 6.97. The highest BCUT2D eigenvalue weighted by molar-refractivity contribution is 9.10. The number of aryl methyl sites for hydroxylation is 1.